The molecule has 1 aromatic heterocycles. The molecule has 2 aliphatic rings. The van der Waals surface area contributed by atoms with Crippen LogP contribution in [0.2, 0.25) is 5.02 Å². The molecule has 2 N–H and O–H groups in total. The monoisotopic (exact) mass is 504 g/mol. The molecule has 1 aliphatic heterocycles. The first-order valence-corrected chi connectivity index (χ1v) is 11.3. The minimum absolute atomic E-state index is 0.0750. The minimum atomic E-state index is -1.74. The van der Waals surface area contributed by atoms with Crippen molar-refractivity contribution in [1.82, 2.24) is 20.8 Å². The van der Waals surface area contributed by atoms with Crippen molar-refractivity contribution < 1.29 is 33.1 Å². The Balaban J connectivity index is 1.43. The molecule has 11 nitrogen and oxygen atoms in total. The highest BCUT2D eigenvalue weighted by atomic mass is 35.5. The Labute approximate surface area is 206 Å². The lowest BCUT2D eigenvalue weighted by Crippen LogP contribution is -2.55. The van der Waals surface area contributed by atoms with Crippen LogP contribution in [0.5, 0.6) is 17.2 Å². The molecule has 0 saturated carbocycles. The van der Waals surface area contributed by atoms with Crippen molar-refractivity contribution in [3.8, 4) is 17.2 Å². The fraction of sp³-hybridized carbons (Fsp3) is 0.435. The number of halogens is 1. The van der Waals surface area contributed by atoms with Gasteiger partial charge in [0.15, 0.2) is 11.6 Å². The second-order valence-corrected chi connectivity index (χ2v) is 8.67. The summed E-state index contributed by atoms with van der Waals surface area (Å²) in [5.41, 5.74) is -1.01. The van der Waals surface area contributed by atoms with Gasteiger partial charge in [-0.3, -0.25) is 14.4 Å². The molecule has 1 spiro atoms. The summed E-state index contributed by atoms with van der Waals surface area (Å²) < 4.78 is 21.6. The van der Waals surface area contributed by atoms with Crippen LogP contribution in [0, 0.1) is 12.8 Å². The summed E-state index contributed by atoms with van der Waals surface area (Å²) in [7, 11) is 2.84. The molecule has 2 aromatic rings. The lowest BCUT2D eigenvalue weighted by molar-refractivity contribution is -0.129. The lowest BCUT2D eigenvalue weighted by Gasteiger charge is -2.35. The number of nitrogens with one attached hydrogen (secondary N) is 2. The molecule has 1 aromatic carbocycles. The van der Waals surface area contributed by atoms with Gasteiger partial charge in [0.2, 0.25) is 29.0 Å². The fourth-order valence-corrected chi connectivity index (χ4v) is 4.53. The van der Waals surface area contributed by atoms with Gasteiger partial charge in [0, 0.05) is 36.7 Å². The third-order valence-corrected chi connectivity index (χ3v) is 6.38. The maximum atomic E-state index is 13.5. The highest BCUT2D eigenvalue weighted by Gasteiger charge is 2.60. The molecule has 4 rings (SSSR count). The van der Waals surface area contributed by atoms with Crippen molar-refractivity contribution in [2.24, 2.45) is 5.92 Å². The van der Waals surface area contributed by atoms with Crippen LogP contribution < -0.4 is 24.8 Å². The van der Waals surface area contributed by atoms with Gasteiger partial charge >= 0.3 is 0 Å². The predicted octanol–water partition coefficient (Wildman–Crippen LogP) is 2.15. The Morgan fingerprint density at radius 3 is 2.66 bits per heavy atom. The van der Waals surface area contributed by atoms with Crippen molar-refractivity contribution in [1.29, 1.82) is 0 Å². The minimum Gasteiger partial charge on any atom is -0.496 e. The summed E-state index contributed by atoms with van der Waals surface area (Å²) in [6.45, 7) is 3.87. The zero-order valence-electron chi connectivity index (χ0n) is 19.7. The quantitative estimate of drug-likeness (QED) is 0.513. The number of carbonyl (C=O) groups is 3. The van der Waals surface area contributed by atoms with Gasteiger partial charge in [-0.25, -0.2) is 0 Å². The van der Waals surface area contributed by atoms with E-state index in [1.54, 1.807) is 13.8 Å². The molecule has 2 atom stereocenters. The third kappa shape index (κ3) is 4.31. The van der Waals surface area contributed by atoms with E-state index in [0.29, 0.717) is 30.4 Å². The Morgan fingerprint density at radius 2 is 2.03 bits per heavy atom. The number of Topliss-reactive ketones (excluding diaryl/α,β-unsaturated/α-hetero) is 1. The number of fused-ring (bicyclic) bond motifs is 1. The Morgan fingerprint density at radius 1 is 1.29 bits per heavy atom. The van der Waals surface area contributed by atoms with Crippen LogP contribution in [0.3, 0.4) is 0 Å². The fourth-order valence-electron chi connectivity index (χ4n) is 4.26. The number of methoxy groups -OCH3 is 2. The summed E-state index contributed by atoms with van der Waals surface area (Å²) in [6.07, 6.45) is 1.86. The molecule has 12 heteroatoms. The number of aryl methyl sites for hydroxylation is 1. The van der Waals surface area contributed by atoms with E-state index in [1.807, 2.05) is 0 Å². The molecule has 186 valence electrons. The number of ether oxygens (including phenoxy) is 3. The number of carbonyl (C=O) groups excluding carboxylic acids is 3. The first-order chi connectivity index (χ1) is 16.7. The predicted molar refractivity (Wildman–Crippen MR) is 123 cm³/mol. The summed E-state index contributed by atoms with van der Waals surface area (Å²) in [5.74, 6) is -0.364. The second-order valence-electron chi connectivity index (χ2n) is 8.29. The highest BCUT2D eigenvalue weighted by molar-refractivity contribution is 6.36. The van der Waals surface area contributed by atoms with Crippen molar-refractivity contribution in [2.75, 3.05) is 20.8 Å². The van der Waals surface area contributed by atoms with Gasteiger partial charge in [0.1, 0.15) is 22.1 Å². The van der Waals surface area contributed by atoms with Gasteiger partial charge in [-0.1, -0.05) is 23.7 Å². The summed E-state index contributed by atoms with van der Waals surface area (Å²) in [4.78, 5) is 42.8. The smallest absolute Gasteiger partial charge is 0.246 e. The number of allylic oxidation sites excluding steroid dienone is 1. The molecular weight excluding hydrogens is 480 g/mol. The molecule has 0 bridgehead atoms. The van der Waals surface area contributed by atoms with E-state index < -0.39 is 23.1 Å². The summed E-state index contributed by atoms with van der Waals surface area (Å²) in [5, 5.41) is 9.55. The first-order valence-electron chi connectivity index (χ1n) is 10.9. The molecule has 0 radical (unpaired) electrons. The van der Waals surface area contributed by atoms with Crippen LogP contribution >= 0.6 is 11.6 Å². The number of amides is 1. The number of hydrogen-bond donors (Lipinski definition) is 2. The molecule has 0 unspecified atom stereocenters. The van der Waals surface area contributed by atoms with Gasteiger partial charge in [-0.15, -0.1) is 0 Å². The van der Waals surface area contributed by atoms with E-state index in [-0.39, 0.29) is 46.7 Å². The lowest BCUT2D eigenvalue weighted by atomic mass is 9.74. The van der Waals surface area contributed by atoms with E-state index in [9.17, 15) is 14.4 Å². The number of aromatic nitrogens is 2. The van der Waals surface area contributed by atoms with Crippen LogP contribution in [-0.2, 0) is 16.1 Å². The average molecular weight is 505 g/mol. The topological polar surface area (TPSA) is 142 Å². The largest absolute Gasteiger partial charge is 0.496 e. The standard InChI is InChI=1S/C23H25ClN4O7/c1-11-7-13(25-6-5-17(30)26-10-18-27-12(2)28-35-18)8-16(29)23(11)22(31)19-14(32-3)9-15(33-4)20(24)21(19)34-23/h8-9,11,25H,5-7,10H2,1-4H3,(H,26,30)/t11-,23+/m1/s1. The number of ketones is 2. The Bertz CT molecular complexity index is 1220. The SMILES string of the molecule is COc1cc(OC)c2c(c1Cl)O[C@@]1(C(=O)C=C(NCCC(=O)NCc3nc(C)no3)C[C@H]1C)C2=O. The van der Waals surface area contributed by atoms with E-state index in [0.717, 1.165) is 0 Å². The molecule has 0 saturated heterocycles. The Kier molecular flexibility index (Phi) is 6.70. The molecule has 0 fully saturated rings. The van der Waals surface area contributed by atoms with Crippen LogP contribution in [0.15, 0.2) is 22.4 Å². The van der Waals surface area contributed by atoms with Crippen molar-refractivity contribution in [3.63, 3.8) is 0 Å². The van der Waals surface area contributed by atoms with Crippen molar-refractivity contribution in [2.45, 2.75) is 38.8 Å². The van der Waals surface area contributed by atoms with E-state index in [2.05, 4.69) is 20.8 Å². The average Bonchev–Trinajstić information content (AvgIpc) is 3.39. The van der Waals surface area contributed by atoms with Crippen molar-refractivity contribution in [3.05, 3.63) is 40.1 Å². The van der Waals surface area contributed by atoms with Crippen molar-refractivity contribution >= 4 is 29.1 Å². The van der Waals surface area contributed by atoms with Crippen LogP contribution in [0.25, 0.3) is 0 Å². The van der Waals surface area contributed by atoms with Crippen LogP contribution in [0.1, 0.15) is 41.8 Å². The van der Waals surface area contributed by atoms with E-state index in [1.165, 1.54) is 26.4 Å². The first kappa shape index (κ1) is 24.5. The maximum Gasteiger partial charge on any atom is 0.246 e. The molecule has 1 amide bonds. The van der Waals surface area contributed by atoms with Gasteiger partial charge in [0.05, 0.1) is 20.8 Å². The number of nitrogens with zero attached hydrogens (tertiary/aromatic N) is 2. The normalized spacial score (nSPS) is 20.8. The van der Waals surface area contributed by atoms with Gasteiger partial charge in [-0.05, 0) is 13.3 Å². The summed E-state index contributed by atoms with van der Waals surface area (Å²) >= 11 is 6.39. The van der Waals surface area contributed by atoms with Gasteiger partial charge in [-0.2, -0.15) is 4.98 Å². The van der Waals surface area contributed by atoms with Crippen LogP contribution in [-0.4, -0.2) is 54.0 Å². The molecule has 2 heterocycles. The van der Waals surface area contributed by atoms with E-state index >= 15 is 0 Å². The van der Waals surface area contributed by atoms with E-state index in [4.69, 9.17) is 30.3 Å². The number of hydrogen-bond acceptors (Lipinski definition) is 10. The Hall–Kier alpha value is -3.60. The second kappa shape index (κ2) is 9.57. The zero-order chi connectivity index (χ0) is 25.3. The van der Waals surface area contributed by atoms with Gasteiger partial charge < -0.3 is 29.4 Å². The molecule has 1 aliphatic carbocycles. The van der Waals surface area contributed by atoms with Gasteiger partial charge in [0.25, 0.3) is 0 Å². The third-order valence-electron chi connectivity index (χ3n) is 6.02. The summed E-state index contributed by atoms with van der Waals surface area (Å²) in [6, 6.07) is 1.49. The number of benzene rings is 1. The number of rotatable bonds is 8. The zero-order valence-corrected chi connectivity index (χ0v) is 20.4. The van der Waals surface area contributed by atoms with Crippen LogP contribution in [0.4, 0.5) is 0 Å². The highest BCUT2D eigenvalue weighted by Crippen LogP contribution is 2.52. The molecular formula is C23H25ClN4O7. The maximum absolute atomic E-state index is 13.5. The molecule has 35 heavy (non-hydrogen) atoms.